The molecular weight excluding hydrogens is 232 g/mol. The number of nitrogens with zero attached hydrogens (tertiary/aromatic N) is 2. The average Bonchev–Trinajstić information content (AvgIpc) is 2.26. The zero-order valence-corrected chi connectivity index (χ0v) is 10.8. The molecule has 100 valence electrons. The normalized spacial score (nSPS) is 22.7. The molecule has 1 aromatic rings. The third-order valence-corrected chi connectivity index (χ3v) is 2.96. The van der Waals surface area contributed by atoms with Gasteiger partial charge >= 0.3 is 0 Å². The SMILES string of the molecule is CC(C)Oc1ncnc(NCC2CC(O)C2)c1N. The van der Waals surface area contributed by atoms with E-state index in [0.29, 0.717) is 23.3 Å². The fourth-order valence-electron chi connectivity index (χ4n) is 1.95. The molecule has 0 aliphatic heterocycles. The Labute approximate surface area is 107 Å². The number of aliphatic hydroxyl groups is 1. The molecule has 0 radical (unpaired) electrons. The Morgan fingerprint density at radius 2 is 2.22 bits per heavy atom. The number of nitrogens with one attached hydrogen (secondary N) is 1. The summed E-state index contributed by atoms with van der Waals surface area (Å²) < 4.78 is 5.49. The van der Waals surface area contributed by atoms with Crippen LogP contribution in [0.5, 0.6) is 5.88 Å². The van der Waals surface area contributed by atoms with Crippen molar-refractivity contribution in [2.24, 2.45) is 5.92 Å². The van der Waals surface area contributed by atoms with Gasteiger partial charge < -0.3 is 20.9 Å². The Bertz CT molecular complexity index is 405. The average molecular weight is 252 g/mol. The van der Waals surface area contributed by atoms with Gasteiger partial charge in [0.1, 0.15) is 12.0 Å². The van der Waals surface area contributed by atoms with Gasteiger partial charge in [0.25, 0.3) is 0 Å². The van der Waals surface area contributed by atoms with Gasteiger partial charge in [0.15, 0.2) is 5.82 Å². The van der Waals surface area contributed by atoms with Gasteiger partial charge in [-0.2, -0.15) is 4.98 Å². The van der Waals surface area contributed by atoms with Crippen LogP contribution in [0.1, 0.15) is 26.7 Å². The third-order valence-electron chi connectivity index (χ3n) is 2.96. The maximum atomic E-state index is 9.22. The molecule has 1 aromatic heterocycles. The summed E-state index contributed by atoms with van der Waals surface area (Å²) in [6.45, 7) is 4.61. The largest absolute Gasteiger partial charge is 0.473 e. The lowest BCUT2D eigenvalue weighted by Gasteiger charge is -2.31. The summed E-state index contributed by atoms with van der Waals surface area (Å²) in [6.07, 6.45) is 3.00. The van der Waals surface area contributed by atoms with Crippen molar-refractivity contribution in [3.63, 3.8) is 0 Å². The first-order valence-electron chi connectivity index (χ1n) is 6.25. The molecule has 0 saturated heterocycles. The smallest absolute Gasteiger partial charge is 0.242 e. The molecule has 0 aromatic carbocycles. The maximum Gasteiger partial charge on any atom is 0.242 e. The van der Waals surface area contributed by atoms with Crippen LogP contribution in [0.4, 0.5) is 11.5 Å². The summed E-state index contributed by atoms with van der Waals surface area (Å²) in [5, 5.41) is 12.4. The van der Waals surface area contributed by atoms with Gasteiger partial charge in [-0.15, -0.1) is 0 Å². The summed E-state index contributed by atoms with van der Waals surface area (Å²) in [7, 11) is 0. The number of rotatable bonds is 5. The number of hydrogen-bond donors (Lipinski definition) is 3. The van der Waals surface area contributed by atoms with Crippen molar-refractivity contribution in [2.75, 3.05) is 17.6 Å². The monoisotopic (exact) mass is 252 g/mol. The van der Waals surface area contributed by atoms with E-state index in [0.717, 1.165) is 19.4 Å². The van der Waals surface area contributed by atoms with Gasteiger partial charge in [0, 0.05) is 6.54 Å². The van der Waals surface area contributed by atoms with Crippen LogP contribution in [-0.4, -0.2) is 33.8 Å². The zero-order chi connectivity index (χ0) is 13.1. The highest BCUT2D eigenvalue weighted by atomic mass is 16.5. The Kier molecular flexibility index (Phi) is 3.86. The second kappa shape index (κ2) is 5.39. The molecule has 0 unspecified atom stereocenters. The van der Waals surface area contributed by atoms with E-state index < -0.39 is 0 Å². The van der Waals surface area contributed by atoms with E-state index in [-0.39, 0.29) is 12.2 Å². The quantitative estimate of drug-likeness (QED) is 0.724. The predicted molar refractivity (Wildman–Crippen MR) is 69.4 cm³/mol. The van der Waals surface area contributed by atoms with E-state index in [4.69, 9.17) is 10.5 Å². The van der Waals surface area contributed by atoms with E-state index in [2.05, 4.69) is 15.3 Å². The van der Waals surface area contributed by atoms with Crippen molar-refractivity contribution in [3.05, 3.63) is 6.33 Å². The molecular formula is C12H20N4O2. The molecule has 6 nitrogen and oxygen atoms in total. The van der Waals surface area contributed by atoms with Crippen LogP contribution in [0.2, 0.25) is 0 Å². The lowest BCUT2D eigenvalue weighted by atomic mass is 9.82. The highest BCUT2D eigenvalue weighted by Gasteiger charge is 2.27. The van der Waals surface area contributed by atoms with Gasteiger partial charge in [0.05, 0.1) is 12.2 Å². The van der Waals surface area contributed by atoms with Gasteiger partial charge in [-0.3, -0.25) is 0 Å². The highest BCUT2D eigenvalue weighted by molar-refractivity contribution is 5.66. The number of hydrogen-bond acceptors (Lipinski definition) is 6. The van der Waals surface area contributed by atoms with Crippen molar-refractivity contribution >= 4 is 11.5 Å². The van der Waals surface area contributed by atoms with Crippen molar-refractivity contribution in [1.29, 1.82) is 0 Å². The molecule has 0 bridgehead atoms. The Hall–Kier alpha value is -1.56. The summed E-state index contributed by atoms with van der Waals surface area (Å²) in [5.41, 5.74) is 6.38. The van der Waals surface area contributed by atoms with Gasteiger partial charge in [-0.25, -0.2) is 4.98 Å². The van der Waals surface area contributed by atoms with Crippen LogP contribution in [-0.2, 0) is 0 Å². The standard InChI is InChI=1S/C12H20N4O2/c1-7(2)18-12-10(13)11(15-6-16-12)14-5-8-3-9(17)4-8/h6-9,17H,3-5,13H2,1-2H3,(H,14,15,16). The lowest BCUT2D eigenvalue weighted by Crippen LogP contribution is -2.33. The number of anilines is 2. The first kappa shape index (κ1) is 12.9. The minimum atomic E-state index is -0.139. The highest BCUT2D eigenvalue weighted by Crippen LogP contribution is 2.29. The Morgan fingerprint density at radius 1 is 1.50 bits per heavy atom. The first-order chi connectivity index (χ1) is 8.56. The van der Waals surface area contributed by atoms with Crippen LogP contribution in [0.15, 0.2) is 6.33 Å². The van der Waals surface area contributed by atoms with E-state index >= 15 is 0 Å². The molecule has 6 heteroatoms. The van der Waals surface area contributed by atoms with E-state index in [1.807, 2.05) is 13.8 Å². The maximum absolute atomic E-state index is 9.22. The predicted octanol–water partition coefficient (Wildman–Crippen LogP) is 1.03. The molecule has 0 atom stereocenters. The van der Waals surface area contributed by atoms with Gasteiger partial charge in [0.2, 0.25) is 5.88 Å². The molecule has 1 fully saturated rings. The molecule has 1 aliphatic rings. The van der Waals surface area contributed by atoms with Crippen LogP contribution in [0, 0.1) is 5.92 Å². The molecule has 0 amide bonds. The zero-order valence-electron chi connectivity index (χ0n) is 10.8. The van der Waals surface area contributed by atoms with E-state index in [1.165, 1.54) is 6.33 Å². The second-order valence-corrected chi connectivity index (χ2v) is 4.98. The van der Waals surface area contributed by atoms with Gasteiger partial charge in [-0.1, -0.05) is 0 Å². The molecule has 1 aliphatic carbocycles. The van der Waals surface area contributed by atoms with Crippen LogP contribution >= 0.6 is 0 Å². The number of nitrogen functional groups attached to an aromatic ring is 1. The van der Waals surface area contributed by atoms with Crippen molar-refractivity contribution in [2.45, 2.75) is 38.9 Å². The van der Waals surface area contributed by atoms with Crippen molar-refractivity contribution in [1.82, 2.24) is 9.97 Å². The second-order valence-electron chi connectivity index (χ2n) is 4.98. The molecule has 0 spiro atoms. The molecule has 1 saturated carbocycles. The van der Waals surface area contributed by atoms with Crippen LogP contribution in [0.3, 0.4) is 0 Å². The molecule has 1 heterocycles. The minimum Gasteiger partial charge on any atom is -0.473 e. The number of nitrogens with two attached hydrogens (primary N) is 1. The van der Waals surface area contributed by atoms with Crippen LogP contribution < -0.4 is 15.8 Å². The molecule has 4 N–H and O–H groups in total. The van der Waals surface area contributed by atoms with E-state index in [1.54, 1.807) is 0 Å². The third kappa shape index (κ3) is 3.01. The Morgan fingerprint density at radius 3 is 2.83 bits per heavy atom. The van der Waals surface area contributed by atoms with Gasteiger partial charge in [-0.05, 0) is 32.6 Å². The fraction of sp³-hybridized carbons (Fsp3) is 0.667. The van der Waals surface area contributed by atoms with Crippen molar-refractivity contribution < 1.29 is 9.84 Å². The first-order valence-corrected chi connectivity index (χ1v) is 6.25. The Balaban J connectivity index is 1.95. The van der Waals surface area contributed by atoms with Crippen molar-refractivity contribution in [3.8, 4) is 5.88 Å². The number of aliphatic hydroxyl groups excluding tert-OH is 1. The minimum absolute atomic E-state index is 0.0248. The van der Waals surface area contributed by atoms with E-state index in [9.17, 15) is 5.11 Å². The fourth-order valence-corrected chi connectivity index (χ4v) is 1.95. The summed E-state index contributed by atoms with van der Waals surface area (Å²) >= 11 is 0. The lowest BCUT2D eigenvalue weighted by molar-refractivity contribution is 0.0486. The number of aromatic nitrogens is 2. The number of ether oxygens (including phenoxy) is 1. The summed E-state index contributed by atoms with van der Waals surface area (Å²) in [5.74, 6) is 1.50. The summed E-state index contributed by atoms with van der Waals surface area (Å²) in [6, 6.07) is 0. The topological polar surface area (TPSA) is 93.3 Å². The summed E-state index contributed by atoms with van der Waals surface area (Å²) in [4.78, 5) is 8.12. The molecule has 18 heavy (non-hydrogen) atoms. The molecule has 2 rings (SSSR count). The van der Waals surface area contributed by atoms with Crippen LogP contribution in [0.25, 0.3) is 0 Å².